The molecule has 0 bridgehead atoms. The predicted octanol–water partition coefficient (Wildman–Crippen LogP) is 2.61. The molecular weight excluding hydrogens is 296 g/mol. The Hall–Kier alpha value is 1.04. The average Bonchev–Trinajstić information content (AvgIpc) is 2.72. The van der Waals surface area contributed by atoms with E-state index in [0.29, 0.717) is 0 Å². The van der Waals surface area contributed by atoms with Gasteiger partial charge in [0, 0.05) is 23.9 Å². The zero-order chi connectivity index (χ0) is 9.97. The van der Waals surface area contributed by atoms with E-state index in [0.717, 1.165) is 0 Å². The van der Waals surface area contributed by atoms with Crippen LogP contribution in [0.4, 0.5) is 0 Å². The average molecular weight is 303 g/mol. The van der Waals surface area contributed by atoms with Crippen molar-refractivity contribution in [3.8, 4) is 0 Å². The molecule has 0 aromatic carbocycles. The minimum absolute atomic E-state index is 0.0284. The second-order valence-electron chi connectivity index (χ2n) is 2.11. The monoisotopic (exact) mass is 302 g/mol. The van der Waals surface area contributed by atoms with Crippen molar-refractivity contribution in [1.82, 2.24) is 7.42 Å². The fourth-order valence-corrected chi connectivity index (χ4v) is 5.41. The highest BCUT2D eigenvalue weighted by atomic mass is 33.1. The summed E-state index contributed by atoms with van der Waals surface area (Å²) in [5.41, 5.74) is 0. The highest BCUT2D eigenvalue weighted by Crippen LogP contribution is 2.43. The zero-order valence-electron chi connectivity index (χ0n) is 6.63. The van der Waals surface area contributed by atoms with E-state index in [9.17, 15) is 0 Å². The summed E-state index contributed by atoms with van der Waals surface area (Å²) < 4.78 is 3.98. The van der Waals surface area contributed by atoms with Crippen LogP contribution in [0.15, 0.2) is 9.98 Å². The molecule has 0 saturated heterocycles. The summed E-state index contributed by atoms with van der Waals surface area (Å²) >= 11 is 11.6. The molecule has 4 nitrogen and oxygen atoms in total. The quantitative estimate of drug-likeness (QED) is 0.473. The van der Waals surface area contributed by atoms with E-state index in [1.54, 1.807) is 58.5 Å². The summed E-state index contributed by atoms with van der Waals surface area (Å²) in [6, 6.07) is 0. The summed E-state index contributed by atoms with van der Waals surface area (Å²) in [6.07, 6.45) is 3.55. The minimum Gasteiger partial charge on any atom is -0.247 e. The first-order chi connectivity index (χ1) is 6.74. The number of aliphatic imine (C=N–C) groups is 2. The second kappa shape index (κ2) is 5.39. The van der Waals surface area contributed by atoms with E-state index in [2.05, 4.69) is 35.2 Å². The number of thiol groups is 2. The molecule has 0 amide bonds. The molecule has 2 aliphatic heterocycles. The van der Waals surface area contributed by atoms with Gasteiger partial charge in [-0.2, -0.15) is 0 Å². The van der Waals surface area contributed by atoms with Crippen LogP contribution in [0.1, 0.15) is 0 Å². The fraction of sp³-hybridized carbons (Fsp3) is 0.500. The first-order valence-electron chi connectivity index (χ1n) is 3.43. The van der Waals surface area contributed by atoms with Crippen molar-refractivity contribution in [2.45, 2.75) is 9.41 Å². The van der Waals surface area contributed by atoms with Gasteiger partial charge in [0.05, 0.1) is 22.0 Å². The maximum Gasteiger partial charge on any atom is 0.160 e. The summed E-state index contributed by atoms with van der Waals surface area (Å²) in [4.78, 5) is 8.20. The van der Waals surface area contributed by atoms with Crippen LogP contribution >= 0.6 is 71.1 Å². The van der Waals surface area contributed by atoms with Gasteiger partial charge in [0.25, 0.3) is 0 Å². The molecule has 2 heterocycles. The van der Waals surface area contributed by atoms with Crippen LogP contribution in [0.3, 0.4) is 0 Å². The smallest absolute Gasteiger partial charge is 0.160 e. The van der Waals surface area contributed by atoms with Crippen LogP contribution in [0.2, 0.25) is 0 Å². The van der Waals surface area contributed by atoms with Gasteiger partial charge in [0.1, 0.15) is 12.7 Å². The Bertz CT molecular complexity index is 232. The van der Waals surface area contributed by atoms with Crippen LogP contribution in [0.25, 0.3) is 0 Å². The highest BCUT2D eigenvalue weighted by molar-refractivity contribution is 8.77. The molecule has 10 heteroatoms. The molecule has 0 aromatic rings. The summed E-state index contributed by atoms with van der Waals surface area (Å²) in [6.45, 7) is 0. The van der Waals surface area contributed by atoms with Crippen molar-refractivity contribution in [2.75, 3.05) is 0 Å². The van der Waals surface area contributed by atoms with Gasteiger partial charge in [-0.1, -0.05) is 0 Å². The Morgan fingerprint density at radius 1 is 1.00 bits per heavy atom. The molecule has 0 aliphatic carbocycles. The van der Waals surface area contributed by atoms with Gasteiger partial charge < -0.3 is 0 Å². The van der Waals surface area contributed by atoms with E-state index >= 15 is 0 Å². The molecule has 2 aliphatic rings. The number of hydrogen-bond donors (Lipinski definition) is 2. The third-order valence-electron chi connectivity index (χ3n) is 1.15. The van der Waals surface area contributed by atoms with E-state index in [4.69, 9.17) is 0 Å². The third-order valence-corrected chi connectivity index (χ3v) is 6.45. The standard InChI is InChI=1S/C4H6N4S6/c9-3-5-1-7(11-3)13-14-8-2-6-4(10)12-8/h1-4,9-10H. The molecule has 0 spiro atoms. The lowest BCUT2D eigenvalue weighted by molar-refractivity contribution is 1.20. The van der Waals surface area contributed by atoms with Gasteiger partial charge in [-0.25, -0.2) is 17.4 Å². The molecular formula is C4H6N4S6. The highest BCUT2D eigenvalue weighted by Gasteiger charge is 2.20. The van der Waals surface area contributed by atoms with Gasteiger partial charge in [-0.15, -0.1) is 25.3 Å². The molecule has 0 radical (unpaired) electrons. The molecule has 0 fully saturated rings. The Labute approximate surface area is 110 Å². The van der Waals surface area contributed by atoms with E-state index in [-0.39, 0.29) is 9.41 Å². The normalized spacial score (nSPS) is 30.7. The third kappa shape index (κ3) is 3.27. The fourth-order valence-electron chi connectivity index (χ4n) is 0.657. The van der Waals surface area contributed by atoms with Crippen molar-refractivity contribution in [2.24, 2.45) is 9.98 Å². The molecule has 0 N–H and O–H groups in total. The van der Waals surface area contributed by atoms with E-state index < -0.39 is 0 Å². The lowest BCUT2D eigenvalue weighted by Gasteiger charge is -2.14. The van der Waals surface area contributed by atoms with Gasteiger partial charge in [-0.05, 0) is 0 Å². The predicted molar refractivity (Wildman–Crippen MR) is 76.6 cm³/mol. The van der Waals surface area contributed by atoms with Gasteiger partial charge in [0.2, 0.25) is 0 Å². The number of nitrogens with zero attached hydrogens (tertiary/aromatic N) is 4. The Morgan fingerprint density at radius 2 is 1.43 bits per heavy atom. The van der Waals surface area contributed by atoms with Crippen molar-refractivity contribution >= 4 is 83.8 Å². The van der Waals surface area contributed by atoms with E-state index in [1.807, 2.05) is 7.42 Å². The van der Waals surface area contributed by atoms with Gasteiger partial charge >= 0.3 is 0 Å². The largest absolute Gasteiger partial charge is 0.247 e. The SMILES string of the molecule is SC1N=CN(SSN2C=NC(S)S2)S1. The van der Waals surface area contributed by atoms with Gasteiger partial charge in [-0.3, -0.25) is 0 Å². The van der Waals surface area contributed by atoms with Crippen molar-refractivity contribution in [3.63, 3.8) is 0 Å². The van der Waals surface area contributed by atoms with Crippen LogP contribution in [0, 0.1) is 0 Å². The molecule has 2 unspecified atom stereocenters. The molecule has 78 valence electrons. The number of hydrogen-bond acceptors (Lipinski definition) is 10. The van der Waals surface area contributed by atoms with Crippen molar-refractivity contribution < 1.29 is 0 Å². The van der Waals surface area contributed by atoms with E-state index in [1.165, 1.54) is 0 Å². The summed E-state index contributed by atoms with van der Waals surface area (Å²) in [7, 11) is 3.16. The van der Waals surface area contributed by atoms with Crippen LogP contribution in [-0.4, -0.2) is 29.5 Å². The maximum atomic E-state index is 4.21. The summed E-state index contributed by atoms with van der Waals surface area (Å²) in [5.74, 6) is 0. The Morgan fingerprint density at radius 3 is 1.71 bits per heavy atom. The lowest BCUT2D eigenvalue weighted by Crippen LogP contribution is -2.01. The molecule has 14 heavy (non-hydrogen) atoms. The molecule has 2 atom stereocenters. The van der Waals surface area contributed by atoms with Gasteiger partial charge in [0.15, 0.2) is 9.41 Å². The lowest BCUT2D eigenvalue weighted by atomic mass is 11.3. The maximum absolute atomic E-state index is 4.21. The molecule has 0 saturated carbocycles. The topological polar surface area (TPSA) is 31.2 Å². The molecule has 0 aromatic heterocycles. The van der Waals surface area contributed by atoms with Crippen LogP contribution < -0.4 is 0 Å². The minimum atomic E-state index is 0.0284. The second-order valence-corrected chi connectivity index (χ2v) is 8.33. The number of rotatable bonds is 3. The summed E-state index contributed by atoms with van der Waals surface area (Å²) in [5, 5.41) is 0. The first-order valence-corrected chi connectivity index (χ1v) is 8.20. The Balaban J connectivity index is 1.68. The van der Waals surface area contributed by atoms with Crippen molar-refractivity contribution in [3.05, 3.63) is 0 Å². The van der Waals surface area contributed by atoms with Crippen LogP contribution in [-0.2, 0) is 0 Å². The first kappa shape index (κ1) is 11.5. The van der Waals surface area contributed by atoms with Crippen molar-refractivity contribution in [1.29, 1.82) is 0 Å². The van der Waals surface area contributed by atoms with Crippen LogP contribution in [0.5, 0.6) is 0 Å². The molecule has 2 rings (SSSR count). The Kier molecular flexibility index (Phi) is 4.44. The zero-order valence-corrected chi connectivity index (χ0v) is 11.7.